The van der Waals surface area contributed by atoms with Gasteiger partial charge in [0, 0.05) is 10.9 Å². The molecule has 1 aromatic carbocycles. The van der Waals surface area contributed by atoms with Crippen molar-refractivity contribution in [3.8, 4) is 0 Å². The lowest BCUT2D eigenvalue weighted by Crippen LogP contribution is -2.00. The van der Waals surface area contributed by atoms with Gasteiger partial charge in [0.1, 0.15) is 5.76 Å². The third-order valence-corrected chi connectivity index (χ3v) is 2.76. The highest BCUT2D eigenvalue weighted by molar-refractivity contribution is 9.10. The van der Waals surface area contributed by atoms with Gasteiger partial charge in [-0.2, -0.15) is 0 Å². The molecule has 0 fully saturated rings. The van der Waals surface area contributed by atoms with Gasteiger partial charge in [-0.25, -0.2) is 0 Å². The van der Waals surface area contributed by atoms with Gasteiger partial charge in [-0.1, -0.05) is 28.1 Å². The summed E-state index contributed by atoms with van der Waals surface area (Å²) in [7, 11) is 0. The minimum atomic E-state index is -0.510. The number of furan rings is 1. The van der Waals surface area contributed by atoms with Crippen molar-refractivity contribution in [3.63, 3.8) is 0 Å². The summed E-state index contributed by atoms with van der Waals surface area (Å²) in [4.78, 5) is 0. The van der Waals surface area contributed by atoms with E-state index in [0.29, 0.717) is 6.42 Å². The van der Waals surface area contributed by atoms with Crippen LogP contribution < -0.4 is 0 Å². The number of rotatable bonds is 3. The maximum absolute atomic E-state index is 9.91. The Labute approximate surface area is 96.7 Å². The van der Waals surface area contributed by atoms with Gasteiger partial charge in [0.05, 0.1) is 12.4 Å². The first kappa shape index (κ1) is 10.5. The van der Waals surface area contributed by atoms with Crippen LogP contribution in [0.3, 0.4) is 0 Å². The fourth-order valence-corrected chi connectivity index (χ4v) is 1.69. The molecule has 2 aromatic rings. The predicted molar refractivity (Wildman–Crippen MR) is 61.5 cm³/mol. The first-order chi connectivity index (χ1) is 7.25. The normalized spacial score (nSPS) is 12.7. The highest BCUT2D eigenvalue weighted by Gasteiger charge is 2.09. The van der Waals surface area contributed by atoms with Crippen LogP contribution in [0.25, 0.3) is 0 Å². The van der Waals surface area contributed by atoms with Crippen LogP contribution in [0.2, 0.25) is 0 Å². The molecule has 0 aliphatic rings. The lowest BCUT2D eigenvalue weighted by molar-refractivity contribution is 0.170. The van der Waals surface area contributed by atoms with Crippen molar-refractivity contribution >= 4 is 15.9 Å². The monoisotopic (exact) mass is 266 g/mol. The zero-order valence-electron chi connectivity index (χ0n) is 8.06. The maximum atomic E-state index is 9.91. The average Bonchev–Trinajstić information content (AvgIpc) is 2.71. The van der Waals surface area contributed by atoms with Gasteiger partial charge in [-0.15, -0.1) is 0 Å². The molecular weight excluding hydrogens is 256 g/mol. The van der Waals surface area contributed by atoms with Gasteiger partial charge in [-0.3, -0.25) is 0 Å². The molecule has 1 atom stereocenters. The number of halogens is 1. The summed E-state index contributed by atoms with van der Waals surface area (Å²) < 4.78 is 6.19. The van der Waals surface area contributed by atoms with Gasteiger partial charge >= 0.3 is 0 Å². The molecule has 0 amide bonds. The molecule has 0 spiro atoms. The van der Waals surface area contributed by atoms with Crippen LogP contribution in [0.4, 0.5) is 0 Å². The van der Waals surface area contributed by atoms with Crippen molar-refractivity contribution < 1.29 is 9.52 Å². The number of aliphatic hydroxyl groups is 1. The standard InChI is InChI=1S/C12H11BrO2/c13-10-5-3-9(4-6-10)12(14)8-11-2-1-7-15-11/h1-7,12,14H,8H2. The number of benzene rings is 1. The fourth-order valence-electron chi connectivity index (χ4n) is 1.42. The van der Waals surface area contributed by atoms with Crippen LogP contribution >= 0.6 is 15.9 Å². The summed E-state index contributed by atoms with van der Waals surface area (Å²) in [5, 5.41) is 9.91. The first-order valence-corrected chi connectivity index (χ1v) is 5.51. The molecule has 1 heterocycles. The average molecular weight is 267 g/mol. The minimum Gasteiger partial charge on any atom is -0.469 e. The van der Waals surface area contributed by atoms with E-state index in [1.54, 1.807) is 6.26 Å². The maximum Gasteiger partial charge on any atom is 0.106 e. The second-order valence-corrected chi connectivity index (χ2v) is 4.27. The molecule has 1 unspecified atom stereocenters. The largest absolute Gasteiger partial charge is 0.469 e. The van der Waals surface area contributed by atoms with Crippen LogP contribution in [0.5, 0.6) is 0 Å². The minimum absolute atomic E-state index is 0.509. The molecule has 2 rings (SSSR count). The Balaban J connectivity index is 2.08. The lowest BCUT2D eigenvalue weighted by atomic mass is 10.1. The molecule has 0 aliphatic carbocycles. The van der Waals surface area contributed by atoms with Crippen molar-refractivity contribution in [3.05, 3.63) is 58.5 Å². The highest BCUT2D eigenvalue weighted by atomic mass is 79.9. The molecular formula is C12H11BrO2. The van der Waals surface area contributed by atoms with E-state index in [4.69, 9.17) is 4.42 Å². The Kier molecular flexibility index (Phi) is 3.23. The van der Waals surface area contributed by atoms with Gasteiger partial charge in [0.15, 0.2) is 0 Å². The molecule has 0 bridgehead atoms. The van der Waals surface area contributed by atoms with Gasteiger partial charge < -0.3 is 9.52 Å². The first-order valence-electron chi connectivity index (χ1n) is 4.71. The van der Waals surface area contributed by atoms with Crippen LogP contribution in [0.15, 0.2) is 51.6 Å². The third kappa shape index (κ3) is 2.70. The van der Waals surface area contributed by atoms with Crippen LogP contribution in [-0.4, -0.2) is 5.11 Å². The zero-order valence-corrected chi connectivity index (χ0v) is 9.65. The Bertz CT molecular complexity index is 406. The van der Waals surface area contributed by atoms with Crippen LogP contribution in [0.1, 0.15) is 17.4 Å². The summed E-state index contributed by atoms with van der Waals surface area (Å²) in [6.07, 6.45) is 1.61. The molecule has 0 aliphatic heterocycles. The van der Waals surface area contributed by atoms with Crippen molar-refractivity contribution in [1.82, 2.24) is 0 Å². The van der Waals surface area contributed by atoms with Gasteiger partial charge in [0.2, 0.25) is 0 Å². The second-order valence-electron chi connectivity index (χ2n) is 3.35. The van der Waals surface area contributed by atoms with E-state index in [2.05, 4.69) is 15.9 Å². The number of hydrogen-bond donors (Lipinski definition) is 1. The van der Waals surface area contributed by atoms with Gasteiger partial charge in [-0.05, 0) is 29.8 Å². The third-order valence-electron chi connectivity index (χ3n) is 2.23. The molecule has 0 saturated heterocycles. The summed E-state index contributed by atoms with van der Waals surface area (Å²) in [6.45, 7) is 0. The topological polar surface area (TPSA) is 33.4 Å². The Morgan fingerprint density at radius 3 is 2.53 bits per heavy atom. The summed E-state index contributed by atoms with van der Waals surface area (Å²) >= 11 is 3.36. The fraction of sp³-hybridized carbons (Fsp3) is 0.167. The Morgan fingerprint density at radius 1 is 1.20 bits per heavy atom. The van der Waals surface area contributed by atoms with E-state index >= 15 is 0 Å². The molecule has 2 nitrogen and oxygen atoms in total. The smallest absolute Gasteiger partial charge is 0.106 e. The Morgan fingerprint density at radius 2 is 1.93 bits per heavy atom. The predicted octanol–water partition coefficient (Wildman–Crippen LogP) is 3.32. The highest BCUT2D eigenvalue weighted by Crippen LogP contribution is 2.20. The van der Waals surface area contributed by atoms with E-state index in [1.165, 1.54) is 0 Å². The summed E-state index contributed by atoms with van der Waals surface area (Å²) in [5.41, 5.74) is 0.898. The summed E-state index contributed by atoms with van der Waals surface area (Å²) in [6, 6.07) is 11.3. The molecule has 3 heteroatoms. The van der Waals surface area contributed by atoms with E-state index in [-0.39, 0.29) is 0 Å². The van der Waals surface area contributed by atoms with E-state index in [0.717, 1.165) is 15.8 Å². The van der Waals surface area contributed by atoms with Crippen LogP contribution in [-0.2, 0) is 6.42 Å². The van der Waals surface area contributed by atoms with Crippen molar-refractivity contribution in [2.45, 2.75) is 12.5 Å². The zero-order chi connectivity index (χ0) is 10.7. The Hall–Kier alpha value is -1.06. The quantitative estimate of drug-likeness (QED) is 0.925. The van der Waals surface area contributed by atoms with Crippen LogP contribution in [0, 0.1) is 0 Å². The molecule has 15 heavy (non-hydrogen) atoms. The number of aliphatic hydroxyl groups excluding tert-OH is 1. The summed E-state index contributed by atoms with van der Waals surface area (Å²) in [5.74, 6) is 0.797. The molecule has 78 valence electrons. The second kappa shape index (κ2) is 4.64. The lowest BCUT2D eigenvalue weighted by Gasteiger charge is -2.08. The van der Waals surface area contributed by atoms with Crippen molar-refractivity contribution in [2.75, 3.05) is 0 Å². The van der Waals surface area contributed by atoms with E-state index in [1.807, 2.05) is 36.4 Å². The van der Waals surface area contributed by atoms with E-state index < -0.39 is 6.10 Å². The molecule has 0 radical (unpaired) electrons. The molecule has 1 aromatic heterocycles. The van der Waals surface area contributed by atoms with E-state index in [9.17, 15) is 5.11 Å². The number of hydrogen-bond acceptors (Lipinski definition) is 2. The molecule has 0 saturated carbocycles. The van der Waals surface area contributed by atoms with Crippen molar-refractivity contribution in [2.24, 2.45) is 0 Å². The molecule has 1 N–H and O–H groups in total. The van der Waals surface area contributed by atoms with Crippen molar-refractivity contribution in [1.29, 1.82) is 0 Å². The SMILES string of the molecule is OC(Cc1ccco1)c1ccc(Br)cc1. The van der Waals surface area contributed by atoms with Gasteiger partial charge in [0.25, 0.3) is 0 Å².